The van der Waals surface area contributed by atoms with Crippen LogP contribution in [-0.4, -0.2) is 33.9 Å². The summed E-state index contributed by atoms with van der Waals surface area (Å²) >= 11 is 1.70. The summed E-state index contributed by atoms with van der Waals surface area (Å²) in [6.07, 6.45) is 13.7. The highest BCUT2D eigenvalue weighted by Gasteiger charge is 2.21. The fourth-order valence-corrected chi connectivity index (χ4v) is 7.26. The Labute approximate surface area is 235 Å². The standard InChI is InChI=1S/C34H37N3OS/c1-23-34(39-24(2)35-23)31-18-14-27-22-28(15-17-30(27)36-31)33-26(16-19-32(38)37-20-7-4-8-21-37)12-9-13-29(33)25-10-5-3-6-11-25/h9,12-19,22,25H,3-8,10-11,20-21H2,1-2H3. The summed E-state index contributed by atoms with van der Waals surface area (Å²) in [5.74, 6) is 0.696. The number of piperidine rings is 1. The van der Waals surface area contributed by atoms with E-state index in [-0.39, 0.29) is 5.91 Å². The minimum Gasteiger partial charge on any atom is -0.339 e. The zero-order valence-electron chi connectivity index (χ0n) is 23.1. The number of carbonyl (C=O) groups is 1. The molecule has 39 heavy (non-hydrogen) atoms. The Morgan fingerprint density at radius 1 is 0.923 bits per heavy atom. The molecule has 5 heteroatoms. The summed E-state index contributed by atoms with van der Waals surface area (Å²) in [6, 6.07) is 17.6. The van der Waals surface area contributed by atoms with Crippen LogP contribution in [0.25, 0.3) is 38.7 Å². The average Bonchev–Trinajstić information content (AvgIpc) is 3.33. The van der Waals surface area contributed by atoms with E-state index in [1.165, 1.54) is 55.2 Å². The van der Waals surface area contributed by atoms with Crippen LogP contribution >= 0.6 is 11.3 Å². The molecule has 2 fully saturated rings. The Kier molecular flexibility index (Phi) is 7.60. The minimum absolute atomic E-state index is 0.132. The molecule has 0 atom stereocenters. The minimum atomic E-state index is 0.132. The number of pyridine rings is 1. The molecule has 0 radical (unpaired) electrons. The quantitative estimate of drug-likeness (QED) is 0.240. The lowest BCUT2D eigenvalue weighted by atomic mass is 9.79. The van der Waals surface area contributed by atoms with Crippen LogP contribution in [0.1, 0.15) is 79.1 Å². The van der Waals surface area contributed by atoms with E-state index in [4.69, 9.17) is 4.98 Å². The SMILES string of the molecule is Cc1nc(C)c(-c2ccc3cc(-c4c(C=CC(=O)N5CCCCC5)cccc4C4CCCCC4)ccc3n2)s1. The van der Waals surface area contributed by atoms with Crippen LogP contribution in [0.4, 0.5) is 0 Å². The molecule has 0 bridgehead atoms. The molecule has 0 spiro atoms. The second kappa shape index (κ2) is 11.4. The van der Waals surface area contributed by atoms with Crippen molar-refractivity contribution in [3.8, 4) is 21.7 Å². The largest absolute Gasteiger partial charge is 0.339 e. The normalized spacial score (nSPS) is 16.8. The van der Waals surface area contributed by atoms with Gasteiger partial charge in [-0.1, -0.05) is 49.6 Å². The molecule has 2 aliphatic rings. The van der Waals surface area contributed by atoms with Crippen molar-refractivity contribution in [3.63, 3.8) is 0 Å². The smallest absolute Gasteiger partial charge is 0.246 e. The van der Waals surface area contributed by atoms with Crippen molar-refractivity contribution >= 4 is 34.2 Å². The lowest BCUT2D eigenvalue weighted by Gasteiger charge is -2.26. The van der Waals surface area contributed by atoms with Crippen LogP contribution in [0.15, 0.2) is 54.6 Å². The molecule has 4 nitrogen and oxygen atoms in total. The third-order valence-electron chi connectivity index (χ3n) is 8.36. The summed E-state index contributed by atoms with van der Waals surface area (Å²) in [5, 5.41) is 2.20. The lowest BCUT2D eigenvalue weighted by molar-refractivity contribution is -0.126. The molecule has 4 aromatic rings. The van der Waals surface area contributed by atoms with Crippen LogP contribution in [0.5, 0.6) is 0 Å². The maximum absolute atomic E-state index is 13.0. The summed E-state index contributed by atoms with van der Waals surface area (Å²) in [7, 11) is 0. The number of aryl methyl sites for hydroxylation is 2. The lowest BCUT2D eigenvalue weighted by Crippen LogP contribution is -2.34. The van der Waals surface area contributed by atoms with E-state index < -0.39 is 0 Å². The molecular formula is C34H37N3OS. The zero-order valence-corrected chi connectivity index (χ0v) is 23.9. The van der Waals surface area contributed by atoms with Gasteiger partial charge in [0.05, 0.1) is 26.8 Å². The van der Waals surface area contributed by atoms with Crippen molar-refractivity contribution in [2.75, 3.05) is 13.1 Å². The van der Waals surface area contributed by atoms with Gasteiger partial charge in [-0.2, -0.15) is 0 Å². The summed E-state index contributed by atoms with van der Waals surface area (Å²) in [6.45, 7) is 5.85. The molecule has 2 aromatic carbocycles. The van der Waals surface area contributed by atoms with Gasteiger partial charge in [0.1, 0.15) is 0 Å². The Morgan fingerprint density at radius 3 is 2.49 bits per heavy atom. The van der Waals surface area contributed by atoms with Crippen LogP contribution < -0.4 is 0 Å². The molecule has 2 aromatic heterocycles. The highest BCUT2D eigenvalue weighted by molar-refractivity contribution is 7.15. The van der Waals surface area contributed by atoms with Gasteiger partial charge in [0.2, 0.25) is 5.91 Å². The molecule has 1 saturated carbocycles. The van der Waals surface area contributed by atoms with Crippen molar-refractivity contribution in [1.82, 2.24) is 14.9 Å². The fourth-order valence-electron chi connectivity index (χ4n) is 6.37. The first-order chi connectivity index (χ1) is 19.1. The van der Waals surface area contributed by atoms with E-state index in [0.29, 0.717) is 5.92 Å². The molecule has 1 aliphatic heterocycles. The van der Waals surface area contributed by atoms with Gasteiger partial charge in [-0.3, -0.25) is 4.79 Å². The Balaban J connectivity index is 1.40. The van der Waals surface area contributed by atoms with Crippen LogP contribution in [0.3, 0.4) is 0 Å². The number of likely N-dealkylation sites (tertiary alicyclic amines) is 1. The van der Waals surface area contributed by atoms with E-state index in [1.807, 2.05) is 11.8 Å². The van der Waals surface area contributed by atoms with Crippen molar-refractivity contribution in [1.29, 1.82) is 0 Å². The number of aromatic nitrogens is 2. The van der Waals surface area contributed by atoms with E-state index in [2.05, 4.69) is 66.5 Å². The molecule has 6 rings (SSSR count). The van der Waals surface area contributed by atoms with Crippen molar-refractivity contribution in [2.45, 2.75) is 71.1 Å². The van der Waals surface area contributed by atoms with E-state index in [0.717, 1.165) is 63.7 Å². The van der Waals surface area contributed by atoms with Crippen molar-refractivity contribution in [3.05, 3.63) is 76.4 Å². The summed E-state index contributed by atoms with van der Waals surface area (Å²) < 4.78 is 0. The predicted octanol–water partition coefficient (Wildman–Crippen LogP) is 8.72. The molecule has 0 unspecified atom stereocenters. The average molecular weight is 536 g/mol. The van der Waals surface area contributed by atoms with Gasteiger partial charge in [-0.15, -0.1) is 11.3 Å². The third kappa shape index (κ3) is 5.56. The Hall–Kier alpha value is -3.31. The summed E-state index contributed by atoms with van der Waals surface area (Å²) in [5.41, 5.74) is 8.04. The monoisotopic (exact) mass is 535 g/mol. The number of nitrogens with zero attached hydrogens (tertiary/aromatic N) is 3. The molecular weight excluding hydrogens is 498 g/mol. The van der Waals surface area contributed by atoms with Gasteiger partial charge in [-0.05, 0) is 98.4 Å². The van der Waals surface area contributed by atoms with Gasteiger partial charge in [0.15, 0.2) is 0 Å². The van der Waals surface area contributed by atoms with Gasteiger partial charge in [0.25, 0.3) is 0 Å². The second-order valence-electron chi connectivity index (χ2n) is 11.1. The number of benzene rings is 2. The topological polar surface area (TPSA) is 46.1 Å². The first-order valence-electron chi connectivity index (χ1n) is 14.5. The summed E-state index contributed by atoms with van der Waals surface area (Å²) in [4.78, 5) is 25.7. The maximum atomic E-state index is 13.0. The number of fused-ring (bicyclic) bond motifs is 1. The fraction of sp³-hybridized carbons (Fsp3) is 0.382. The van der Waals surface area contributed by atoms with Crippen molar-refractivity contribution < 1.29 is 4.79 Å². The Morgan fingerprint density at radius 2 is 1.72 bits per heavy atom. The highest BCUT2D eigenvalue weighted by Crippen LogP contribution is 2.41. The second-order valence-corrected chi connectivity index (χ2v) is 12.3. The van der Waals surface area contributed by atoms with Crippen LogP contribution in [0, 0.1) is 13.8 Å². The van der Waals surface area contributed by atoms with Gasteiger partial charge >= 0.3 is 0 Å². The number of carbonyl (C=O) groups excluding carboxylic acids is 1. The molecule has 1 amide bonds. The number of hydrogen-bond acceptors (Lipinski definition) is 4. The van der Waals surface area contributed by atoms with Gasteiger partial charge in [-0.25, -0.2) is 9.97 Å². The first-order valence-corrected chi connectivity index (χ1v) is 15.3. The molecule has 200 valence electrons. The molecule has 3 heterocycles. The number of amides is 1. The van der Waals surface area contributed by atoms with E-state index >= 15 is 0 Å². The first kappa shape index (κ1) is 25.9. The van der Waals surface area contributed by atoms with Gasteiger partial charge < -0.3 is 4.90 Å². The maximum Gasteiger partial charge on any atom is 0.246 e. The predicted molar refractivity (Wildman–Crippen MR) is 163 cm³/mol. The number of rotatable bonds is 5. The molecule has 0 N–H and O–H groups in total. The number of hydrogen-bond donors (Lipinski definition) is 0. The van der Waals surface area contributed by atoms with Crippen molar-refractivity contribution in [2.24, 2.45) is 0 Å². The van der Waals surface area contributed by atoms with E-state index in [1.54, 1.807) is 17.4 Å². The molecule has 1 aliphatic carbocycles. The van der Waals surface area contributed by atoms with Crippen LogP contribution in [0.2, 0.25) is 0 Å². The third-order valence-corrected chi connectivity index (χ3v) is 9.46. The van der Waals surface area contributed by atoms with Gasteiger partial charge in [0, 0.05) is 24.6 Å². The number of thiazole rings is 1. The Bertz CT molecular complexity index is 1520. The molecule has 1 saturated heterocycles. The van der Waals surface area contributed by atoms with E-state index in [9.17, 15) is 4.79 Å². The van der Waals surface area contributed by atoms with Crippen LogP contribution in [-0.2, 0) is 4.79 Å². The zero-order chi connectivity index (χ0) is 26.8. The highest BCUT2D eigenvalue weighted by atomic mass is 32.1.